The van der Waals surface area contributed by atoms with E-state index >= 15 is 0 Å². The second-order valence-corrected chi connectivity index (χ2v) is 9.07. The van der Waals surface area contributed by atoms with E-state index < -0.39 is 29.8 Å². The molecule has 2 aromatic carbocycles. The number of aliphatic hydroxyl groups is 1. The van der Waals surface area contributed by atoms with Crippen molar-refractivity contribution >= 4 is 5.97 Å². The molecule has 3 aromatic rings. The molecule has 188 valence electrons. The van der Waals surface area contributed by atoms with Crippen LogP contribution in [0.15, 0.2) is 73.1 Å². The number of ether oxygens (including phenoxy) is 1. The monoisotopic (exact) mass is 548 g/mol. The second-order valence-electron chi connectivity index (χ2n) is 9.07. The van der Waals surface area contributed by atoms with Crippen LogP contribution in [-0.2, 0) is 28.2 Å². The van der Waals surface area contributed by atoms with Gasteiger partial charge in [-0.3, -0.25) is 0 Å². The van der Waals surface area contributed by atoms with Gasteiger partial charge in [-0.05, 0) is 24.0 Å². The molecule has 0 radical (unpaired) electrons. The molecule has 1 aliphatic carbocycles. The number of hydrogen-bond donors (Lipinski definition) is 1. The summed E-state index contributed by atoms with van der Waals surface area (Å²) in [5.41, 5.74) is -0.637. The molecule has 0 bridgehead atoms. The fourth-order valence-electron chi connectivity index (χ4n) is 4.81. The summed E-state index contributed by atoms with van der Waals surface area (Å²) < 4.78 is 37.9. The normalized spacial score (nSPS) is 18.8. The summed E-state index contributed by atoms with van der Waals surface area (Å²) in [4.78, 5) is 13.2. The predicted octanol–water partition coefficient (Wildman–Crippen LogP) is 1.39. The van der Waals surface area contributed by atoms with Gasteiger partial charge in [-0.1, -0.05) is 60.7 Å². The van der Waals surface area contributed by atoms with E-state index in [0.29, 0.717) is 18.5 Å². The van der Waals surface area contributed by atoms with Gasteiger partial charge in [0.25, 0.3) is 5.82 Å². The molecule has 0 spiro atoms. The topological polar surface area (TPSA) is 55.3 Å². The Morgan fingerprint density at radius 1 is 1.17 bits per heavy atom. The molecule has 2 unspecified atom stereocenters. The Kier molecular flexibility index (Phi) is 8.83. The molecule has 5 nitrogen and oxygen atoms in total. The zero-order valence-corrected chi connectivity index (χ0v) is 21.3. The maximum Gasteiger partial charge on any atom is 0.343 e. The molecule has 35 heavy (non-hydrogen) atoms. The summed E-state index contributed by atoms with van der Waals surface area (Å²) in [7, 11) is 0. The van der Waals surface area contributed by atoms with Crippen LogP contribution in [0.1, 0.15) is 42.6 Å². The standard InChI is InChI=1S/C27H31F2N2O3.BrH/c1-21-30(15-16-31(21)20-22-9-4-2-5-10-22)17-18-34-25(32)27(33,23-11-6-3-7-12-23)24-13-8-14-26(28,29)19-24;/h2-7,9-12,15-16,24,33H,8,13-14,17-20H2,1H3;1H/q+1;/p-1. The molecule has 1 heterocycles. The fraction of sp³-hybridized carbons (Fsp3) is 0.407. The van der Waals surface area contributed by atoms with Crippen molar-refractivity contribution in [2.24, 2.45) is 5.92 Å². The number of rotatable bonds is 8. The lowest BCUT2D eigenvalue weighted by Crippen LogP contribution is -3.00. The van der Waals surface area contributed by atoms with Crippen molar-refractivity contribution < 1.29 is 45.0 Å². The fourth-order valence-corrected chi connectivity index (χ4v) is 4.81. The van der Waals surface area contributed by atoms with Gasteiger partial charge < -0.3 is 26.8 Å². The van der Waals surface area contributed by atoms with Crippen molar-refractivity contribution in [3.8, 4) is 0 Å². The van der Waals surface area contributed by atoms with Gasteiger partial charge in [-0.2, -0.15) is 0 Å². The Hall–Kier alpha value is -2.58. The number of hydrogen-bond acceptors (Lipinski definition) is 3. The largest absolute Gasteiger partial charge is 1.00 e. The van der Waals surface area contributed by atoms with Gasteiger partial charge in [0.1, 0.15) is 32.1 Å². The number of carbonyl (C=O) groups excluding carboxylic acids is 1. The lowest BCUT2D eigenvalue weighted by Gasteiger charge is -2.39. The van der Waals surface area contributed by atoms with Crippen molar-refractivity contribution in [2.45, 2.75) is 57.2 Å². The second kappa shape index (κ2) is 11.4. The maximum absolute atomic E-state index is 14.2. The third-order valence-corrected chi connectivity index (χ3v) is 6.78. The van der Waals surface area contributed by atoms with Crippen LogP contribution in [-0.4, -0.2) is 28.2 Å². The van der Waals surface area contributed by atoms with E-state index in [-0.39, 0.29) is 36.4 Å². The first kappa shape index (κ1) is 27.0. The lowest BCUT2D eigenvalue weighted by molar-refractivity contribution is -0.694. The highest BCUT2D eigenvalue weighted by Gasteiger charge is 2.52. The zero-order valence-electron chi connectivity index (χ0n) is 19.7. The molecule has 0 aliphatic heterocycles. The van der Waals surface area contributed by atoms with Gasteiger partial charge in [-0.25, -0.2) is 22.7 Å². The molecule has 0 amide bonds. The van der Waals surface area contributed by atoms with Crippen LogP contribution in [0.5, 0.6) is 0 Å². The van der Waals surface area contributed by atoms with Gasteiger partial charge >= 0.3 is 5.97 Å². The number of benzene rings is 2. The minimum atomic E-state index is -2.90. The number of halogens is 3. The first-order valence-electron chi connectivity index (χ1n) is 11.7. The van der Waals surface area contributed by atoms with Gasteiger partial charge in [0.15, 0.2) is 5.60 Å². The maximum atomic E-state index is 14.2. The quantitative estimate of drug-likeness (QED) is 0.342. The predicted molar refractivity (Wildman–Crippen MR) is 123 cm³/mol. The van der Waals surface area contributed by atoms with Crippen LogP contribution in [0.3, 0.4) is 0 Å². The van der Waals surface area contributed by atoms with Gasteiger partial charge in [0.05, 0.1) is 0 Å². The van der Waals surface area contributed by atoms with E-state index in [4.69, 9.17) is 4.74 Å². The van der Waals surface area contributed by atoms with Gasteiger partial charge in [-0.15, -0.1) is 0 Å². The number of nitrogens with zero attached hydrogens (tertiary/aromatic N) is 2. The van der Waals surface area contributed by atoms with E-state index in [0.717, 1.165) is 12.4 Å². The number of carbonyl (C=O) groups is 1. The smallest absolute Gasteiger partial charge is 0.343 e. The van der Waals surface area contributed by atoms with Crippen LogP contribution in [0.2, 0.25) is 0 Å². The number of aromatic nitrogens is 2. The molecule has 1 fully saturated rings. The van der Waals surface area contributed by atoms with Crippen molar-refractivity contribution in [3.05, 3.63) is 90.0 Å². The Morgan fingerprint density at radius 3 is 2.49 bits per heavy atom. The third-order valence-electron chi connectivity index (χ3n) is 6.78. The van der Waals surface area contributed by atoms with Crippen molar-refractivity contribution in [1.29, 1.82) is 0 Å². The molecule has 8 heteroatoms. The summed E-state index contributed by atoms with van der Waals surface area (Å²) in [6.07, 6.45) is 3.71. The average Bonchev–Trinajstić information content (AvgIpc) is 3.18. The van der Waals surface area contributed by atoms with Crippen molar-refractivity contribution in [1.82, 2.24) is 4.57 Å². The van der Waals surface area contributed by atoms with Crippen LogP contribution < -0.4 is 21.5 Å². The molecular weight excluding hydrogens is 518 g/mol. The van der Waals surface area contributed by atoms with Crippen molar-refractivity contribution in [2.75, 3.05) is 6.61 Å². The SMILES string of the molecule is Cc1n(CCOC(=O)C(O)(c2ccccc2)C2CCCC(F)(F)C2)cc[n+]1Cc1ccccc1.[Br-]. The van der Waals surface area contributed by atoms with E-state index in [1.54, 1.807) is 30.3 Å². The van der Waals surface area contributed by atoms with Crippen molar-refractivity contribution in [3.63, 3.8) is 0 Å². The molecule has 0 saturated heterocycles. The molecule has 2 atom stereocenters. The average molecular weight is 549 g/mol. The lowest BCUT2D eigenvalue weighted by atomic mass is 9.72. The first-order valence-corrected chi connectivity index (χ1v) is 11.7. The molecule has 1 aliphatic rings. The summed E-state index contributed by atoms with van der Waals surface area (Å²) in [6.45, 7) is 3.13. The molecule has 4 rings (SSSR count). The highest BCUT2D eigenvalue weighted by molar-refractivity contribution is 5.81. The molecule has 1 N–H and O–H groups in total. The van der Waals surface area contributed by atoms with Crippen LogP contribution >= 0.6 is 0 Å². The Morgan fingerprint density at radius 2 is 1.83 bits per heavy atom. The molecule has 1 saturated carbocycles. The number of esters is 1. The summed E-state index contributed by atoms with van der Waals surface area (Å²) in [5.74, 6) is -3.69. The molecule has 1 aromatic heterocycles. The van der Waals surface area contributed by atoms with Crippen LogP contribution in [0.4, 0.5) is 8.78 Å². The third kappa shape index (κ3) is 6.16. The van der Waals surface area contributed by atoms with Crippen LogP contribution in [0.25, 0.3) is 0 Å². The van der Waals surface area contributed by atoms with Gasteiger partial charge in [0, 0.05) is 25.7 Å². The first-order chi connectivity index (χ1) is 16.3. The Labute approximate surface area is 215 Å². The van der Waals surface area contributed by atoms with E-state index in [2.05, 4.69) is 16.7 Å². The highest BCUT2D eigenvalue weighted by Crippen LogP contribution is 2.45. The minimum absolute atomic E-state index is 0. The number of alkyl halides is 2. The van der Waals surface area contributed by atoms with E-state index in [1.807, 2.05) is 42.1 Å². The summed E-state index contributed by atoms with van der Waals surface area (Å²) in [5, 5.41) is 11.5. The zero-order chi connectivity index (χ0) is 24.2. The summed E-state index contributed by atoms with van der Waals surface area (Å²) in [6, 6.07) is 18.4. The van der Waals surface area contributed by atoms with Crippen LogP contribution in [0, 0.1) is 12.8 Å². The minimum Gasteiger partial charge on any atom is -1.00 e. The van der Waals surface area contributed by atoms with E-state index in [9.17, 15) is 18.7 Å². The Balaban J connectivity index is 0.00000342. The number of imidazole rings is 1. The van der Waals surface area contributed by atoms with Gasteiger partial charge in [0.2, 0.25) is 5.92 Å². The molecular formula is C27H31BrF2N2O3. The van der Waals surface area contributed by atoms with E-state index in [1.165, 1.54) is 5.56 Å². The highest BCUT2D eigenvalue weighted by atomic mass is 79.9. The summed E-state index contributed by atoms with van der Waals surface area (Å²) >= 11 is 0. The Bertz CT molecular complexity index is 1110.